The van der Waals surface area contributed by atoms with Gasteiger partial charge in [-0.1, -0.05) is 27.0 Å². The zero-order chi connectivity index (χ0) is 10.5. The molecular formula is C11H18O2. The summed E-state index contributed by atoms with van der Waals surface area (Å²) >= 11 is 0. The molecule has 0 atom stereocenters. The van der Waals surface area contributed by atoms with Crippen LogP contribution in [0.2, 0.25) is 0 Å². The van der Waals surface area contributed by atoms with E-state index in [4.69, 9.17) is 4.74 Å². The molecule has 0 saturated heterocycles. The van der Waals surface area contributed by atoms with Crippen LogP contribution in [-0.2, 0) is 9.53 Å². The Kier molecular flexibility index (Phi) is 4.46. The lowest BCUT2D eigenvalue weighted by Gasteiger charge is -2.28. The van der Waals surface area contributed by atoms with Gasteiger partial charge in [0.05, 0.1) is 0 Å². The Morgan fingerprint density at radius 1 is 1.46 bits per heavy atom. The first-order valence-corrected chi connectivity index (χ1v) is 4.42. The van der Waals surface area contributed by atoms with Crippen molar-refractivity contribution in [3.63, 3.8) is 0 Å². The van der Waals surface area contributed by atoms with Crippen LogP contribution >= 0.6 is 0 Å². The Hall–Kier alpha value is -1.05. The van der Waals surface area contributed by atoms with E-state index in [0.29, 0.717) is 5.92 Å². The molecular weight excluding hydrogens is 164 g/mol. The van der Waals surface area contributed by atoms with Crippen LogP contribution in [0.15, 0.2) is 25.3 Å². The van der Waals surface area contributed by atoms with Crippen molar-refractivity contribution in [3.05, 3.63) is 25.3 Å². The molecule has 74 valence electrons. The Bertz CT molecular complexity index is 196. The van der Waals surface area contributed by atoms with Crippen molar-refractivity contribution in [2.24, 2.45) is 5.92 Å². The van der Waals surface area contributed by atoms with Gasteiger partial charge in [0, 0.05) is 6.92 Å². The standard InChI is InChI=1S/C11H18O2/c1-6-11(7-2,8-9(3)4)13-10(5)12/h6-7,9H,1-2,8H2,3-5H3. The lowest BCUT2D eigenvalue weighted by molar-refractivity contribution is -0.149. The molecule has 0 N–H and O–H groups in total. The van der Waals surface area contributed by atoms with Gasteiger partial charge in [-0.25, -0.2) is 0 Å². The molecule has 0 aliphatic carbocycles. The highest BCUT2D eigenvalue weighted by Gasteiger charge is 2.26. The fraction of sp³-hybridized carbons (Fsp3) is 0.545. The van der Waals surface area contributed by atoms with Gasteiger partial charge >= 0.3 is 5.97 Å². The van der Waals surface area contributed by atoms with Crippen molar-refractivity contribution in [1.82, 2.24) is 0 Å². The van der Waals surface area contributed by atoms with Crippen LogP contribution in [0.1, 0.15) is 27.2 Å². The maximum absolute atomic E-state index is 10.8. The highest BCUT2D eigenvalue weighted by molar-refractivity contribution is 5.67. The van der Waals surface area contributed by atoms with Gasteiger partial charge in [0.15, 0.2) is 0 Å². The van der Waals surface area contributed by atoms with E-state index in [-0.39, 0.29) is 5.97 Å². The Morgan fingerprint density at radius 3 is 2.15 bits per heavy atom. The first-order chi connectivity index (χ1) is 5.95. The molecule has 0 heterocycles. The van der Waals surface area contributed by atoms with Crippen molar-refractivity contribution >= 4 is 5.97 Å². The summed E-state index contributed by atoms with van der Waals surface area (Å²) in [7, 11) is 0. The van der Waals surface area contributed by atoms with Crippen molar-refractivity contribution < 1.29 is 9.53 Å². The number of hydrogen-bond acceptors (Lipinski definition) is 2. The minimum atomic E-state index is -0.694. The van der Waals surface area contributed by atoms with Crippen LogP contribution in [0, 0.1) is 5.92 Å². The molecule has 0 spiro atoms. The summed E-state index contributed by atoms with van der Waals surface area (Å²) < 4.78 is 5.17. The summed E-state index contributed by atoms with van der Waals surface area (Å²) in [6.07, 6.45) is 3.97. The smallest absolute Gasteiger partial charge is 0.303 e. The van der Waals surface area contributed by atoms with E-state index in [1.807, 2.05) is 0 Å². The molecule has 2 heteroatoms. The molecule has 0 bridgehead atoms. The van der Waals surface area contributed by atoms with Crippen LogP contribution in [0.25, 0.3) is 0 Å². The lowest BCUT2D eigenvalue weighted by Crippen LogP contribution is -2.31. The van der Waals surface area contributed by atoms with Gasteiger partial charge in [-0.2, -0.15) is 0 Å². The van der Waals surface area contributed by atoms with Gasteiger partial charge in [0.25, 0.3) is 0 Å². The van der Waals surface area contributed by atoms with Crippen molar-refractivity contribution in [1.29, 1.82) is 0 Å². The minimum Gasteiger partial charge on any atom is -0.451 e. The Morgan fingerprint density at radius 2 is 1.92 bits per heavy atom. The van der Waals surface area contributed by atoms with Crippen molar-refractivity contribution in [2.75, 3.05) is 0 Å². The lowest BCUT2D eigenvalue weighted by atomic mass is 9.92. The van der Waals surface area contributed by atoms with Gasteiger partial charge in [-0.05, 0) is 24.5 Å². The van der Waals surface area contributed by atoms with Crippen LogP contribution in [0.3, 0.4) is 0 Å². The largest absolute Gasteiger partial charge is 0.451 e. The first-order valence-electron chi connectivity index (χ1n) is 4.42. The average Bonchev–Trinajstić information content (AvgIpc) is 2.01. The molecule has 0 aromatic carbocycles. The van der Waals surface area contributed by atoms with Crippen molar-refractivity contribution in [3.8, 4) is 0 Å². The van der Waals surface area contributed by atoms with Gasteiger partial charge in [-0.3, -0.25) is 4.79 Å². The molecule has 0 aromatic heterocycles. The SMILES string of the molecule is C=CC(C=C)(CC(C)C)OC(C)=O. The highest BCUT2D eigenvalue weighted by atomic mass is 16.6. The van der Waals surface area contributed by atoms with Crippen LogP contribution < -0.4 is 0 Å². The molecule has 0 aliphatic rings. The zero-order valence-electron chi connectivity index (χ0n) is 8.67. The third-order valence-corrected chi connectivity index (χ3v) is 1.75. The summed E-state index contributed by atoms with van der Waals surface area (Å²) in [5.74, 6) is 0.121. The minimum absolute atomic E-state index is 0.305. The van der Waals surface area contributed by atoms with E-state index in [2.05, 4.69) is 27.0 Å². The van der Waals surface area contributed by atoms with Crippen molar-refractivity contribution in [2.45, 2.75) is 32.8 Å². The average molecular weight is 182 g/mol. The fourth-order valence-electron chi connectivity index (χ4n) is 1.28. The topological polar surface area (TPSA) is 26.3 Å². The molecule has 0 radical (unpaired) electrons. The summed E-state index contributed by atoms with van der Waals surface area (Å²) in [5, 5.41) is 0. The monoisotopic (exact) mass is 182 g/mol. The molecule has 2 nitrogen and oxygen atoms in total. The summed E-state index contributed by atoms with van der Waals surface area (Å²) in [5.41, 5.74) is -0.694. The molecule has 0 amide bonds. The van der Waals surface area contributed by atoms with Gasteiger partial charge < -0.3 is 4.74 Å². The van der Waals surface area contributed by atoms with E-state index < -0.39 is 5.60 Å². The van der Waals surface area contributed by atoms with Crippen LogP contribution in [0.5, 0.6) is 0 Å². The van der Waals surface area contributed by atoms with Crippen LogP contribution in [0.4, 0.5) is 0 Å². The third-order valence-electron chi connectivity index (χ3n) is 1.75. The third kappa shape index (κ3) is 3.92. The second-order valence-electron chi connectivity index (χ2n) is 3.55. The number of carbonyl (C=O) groups is 1. The van der Waals surface area contributed by atoms with E-state index >= 15 is 0 Å². The molecule has 0 saturated carbocycles. The molecule has 13 heavy (non-hydrogen) atoms. The number of esters is 1. The zero-order valence-corrected chi connectivity index (χ0v) is 8.67. The van der Waals surface area contributed by atoms with E-state index in [1.54, 1.807) is 12.2 Å². The number of ether oxygens (including phenoxy) is 1. The van der Waals surface area contributed by atoms with Gasteiger partial charge in [0.2, 0.25) is 0 Å². The second-order valence-corrected chi connectivity index (χ2v) is 3.55. The van der Waals surface area contributed by atoms with Crippen LogP contribution in [-0.4, -0.2) is 11.6 Å². The predicted molar refractivity (Wildman–Crippen MR) is 54.3 cm³/mol. The second kappa shape index (κ2) is 4.85. The number of carbonyl (C=O) groups excluding carboxylic acids is 1. The summed E-state index contributed by atoms with van der Waals surface area (Å²) in [6, 6.07) is 0. The van der Waals surface area contributed by atoms with E-state index in [1.165, 1.54) is 6.92 Å². The number of rotatable bonds is 5. The maximum Gasteiger partial charge on any atom is 0.303 e. The predicted octanol–water partition coefficient (Wildman–Crippen LogP) is 2.71. The molecule has 0 fully saturated rings. The fourth-order valence-corrected chi connectivity index (χ4v) is 1.28. The molecule has 0 unspecified atom stereocenters. The van der Waals surface area contributed by atoms with Gasteiger partial charge in [-0.15, -0.1) is 0 Å². The quantitative estimate of drug-likeness (QED) is 0.482. The maximum atomic E-state index is 10.8. The number of hydrogen-bond donors (Lipinski definition) is 0. The van der Waals surface area contributed by atoms with E-state index in [9.17, 15) is 4.79 Å². The summed E-state index contributed by atoms with van der Waals surface area (Å²) in [6.45, 7) is 12.8. The highest BCUT2D eigenvalue weighted by Crippen LogP contribution is 2.24. The Labute approximate surface area is 80.3 Å². The molecule has 0 aliphatic heterocycles. The molecule has 0 aromatic rings. The molecule has 0 rings (SSSR count). The van der Waals surface area contributed by atoms with E-state index in [0.717, 1.165) is 6.42 Å². The normalized spacial score (nSPS) is 11.1. The summed E-state index contributed by atoms with van der Waals surface area (Å²) in [4.78, 5) is 10.8. The van der Waals surface area contributed by atoms with Gasteiger partial charge in [0.1, 0.15) is 5.60 Å². The first kappa shape index (κ1) is 11.9. The Balaban J connectivity index is 4.58.